The van der Waals surface area contributed by atoms with Gasteiger partial charge in [-0.1, -0.05) is 15.9 Å². The second kappa shape index (κ2) is 4.61. The smallest absolute Gasteiger partial charge is 0.240 e. The molecule has 0 unspecified atom stereocenters. The van der Waals surface area contributed by atoms with Gasteiger partial charge < -0.3 is 10.1 Å². The number of methoxy groups -OCH3 is 1. The van der Waals surface area contributed by atoms with Crippen LogP contribution >= 0.6 is 15.9 Å². The summed E-state index contributed by atoms with van der Waals surface area (Å²) in [7, 11) is 1.53. The Morgan fingerprint density at radius 2 is 2.27 bits per heavy atom. The molecule has 1 amide bonds. The van der Waals surface area contributed by atoms with Crippen LogP contribution in [0.1, 0.15) is 13.8 Å². The van der Waals surface area contributed by atoms with Crippen LogP contribution in [0.4, 0.5) is 5.69 Å². The Balaban J connectivity index is 2.77. The Morgan fingerprint density at radius 3 is 2.80 bits per heavy atom. The minimum absolute atomic E-state index is 0.115. The van der Waals surface area contributed by atoms with E-state index in [2.05, 4.69) is 26.2 Å². The van der Waals surface area contributed by atoms with Crippen molar-refractivity contribution in [3.8, 4) is 5.88 Å². The van der Waals surface area contributed by atoms with Crippen LogP contribution in [0.15, 0.2) is 18.3 Å². The van der Waals surface area contributed by atoms with E-state index in [-0.39, 0.29) is 5.91 Å². The fraction of sp³-hybridized carbons (Fsp3) is 0.400. The second-order valence-electron chi connectivity index (χ2n) is 3.51. The molecule has 0 aliphatic carbocycles. The molecule has 0 atom stereocenters. The Labute approximate surface area is 97.2 Å². The zero-order chi connectivity index (χ0) is 11.5. The van der Waals surface area contributed by atoms with Gasteiger partial charge in [0.15, 0.2) is 0 Å². The average Bonchev–Trinajstić information content (AvgIpc) is 2.16. The molecule has 1 heterocycles. The number of nitrogens with zero attached hydrogens (tertiary/aromatic N) is 1. The number of alkyl halides is 1. The summed E-state index contributed by atoms with van der Waals surface area (Å²) in [6.45, 7) is 3.56. The van der Waals surface area contributed by atoms with E-state index in [1.807, 2.05) is 0 Å². The Morgan fingerprint density at radius 1 is 1.60 bits per heavy atom. The third-order valence-corrected chi connectivity index (χ3v) is 2.10. The quantitative estimate of drug-likeness (QED) is 0.859. The molecule has 4 nitrogen and oxygen atoms in total. The van der Waals surface area contributed by atoms with Crippen LogP contribution in [0.5, 0.6) is 5.88 Å². The average molecular weight is 273 g/mol. The van der Waals surface area contributed by atoms with Crippen LogP contribution in [-0.4, -0.2) is 22.3 Å². The minimum atomic E-state index is -0.594. The molecular weight excluding hydrogens is 260 g/mol. The summed E-state index contributed by atoms with van der Waals surface area (Å²) in [5.74, 6) is 0.357. The summed E-state index contributed by atoms with van der Waals surface area (Å²) in [4.78, 5) is 15.6. The van der Waals surface area contributed by atoms with Gasteiger partial charge in [-0.05, 0) is 19.9 Å². The van der Waals surface area contributed by atoms with Crippen molar-refractivity contribution in [3.63, 3.8) is 0 Å². The van der Waals surface area contributed by atoms with Gasteiger partial charge >= 0.3 is 0 Å². The number of amides is 1. The number of carbonyl (C=O) groups is 1. The number of carbonyl (C=O) groups excluding carboxylic acids is 1. The van der Waals surface area contributed by atoms with Crippen molar-refractivity contribution in [2.24, 2.45) is 0 Å². The highest BCUT2D eigenvalue weighted by Gasteiger charge is 2.23. The maximum atomic E-state index is 11.6. The number of rotatable bonds is 3. The topological polar surface area (TPSA) is 51.2 Å². The molecule has 0 aromatic carbocycles. The van der Waals surface area contributed by atoms with E-state index >= 15 is 0 Å². The van der Waals surface area contributed by atoms with E-state index in [0.29, 0.717) is 11.6 Å². The lowest BCUT2D eigenvalue weighted by Crippen LogP contribution is -2.30. The molecule has 0 aliphatic rings. The normalized spacial score (nSPS) is 10.9. The van der Waals surface area contributed by atoms with Gasteiger partial charge in [-0.2, -0.15) is 0 Å². The Bertz CT molecular complexity index is 361. The van der Waals surface area contributed by atoms with Crippen molar-refractivity contribution in [1.82, 2.24) is 4.98 Å². The number of nitrogens with one attached hydrogen (secondary N) is 1. The van der Waals surface area contributed by atoms with E-state index in [9.17, 15) is 4.79 Å². The van der Waals surface area contributed by atoms with E-state index < -0.39 is 4.32 Å². The van der Waals surface area contributed by atoms with Gasteiger partial charge in [0, 0.05) is 18.0 Å². The van der Waals surface area contributed by atoms with Gasteiger partial charge in [-0.3, -0.25) is 4.79 Å². The van der Waals surface area contributed by atoms with Crippen molar-refractivity contribution in [3.05, 3.63) is 18.3 Å². The van der Waals surface area contributed by atoms with Gasteiger partial charge in [-0.15, -0.1) is 0 Å². The van der Waals surface area contributed by atoms with Gasteiger partial charge in [0.1, 0.15) is 0 Å². The van der Waals surface area contributed by atoms with E-state index in [1.54, 1.807) is 32.2 Å². The van der Waals surface area contributed by atoms with Gasteiger partial charge in [0.2, 0.25) is 11.8 Å². The molecule has 1 aromatic heterocycles. The lowest BCUT2D eigenvalue weighted by Gasteiger charge is -2.15. The van der Waals surface area contributed by atoms with E-state index in [0.717, 1.165) is 0 Å². The van der Waals surface area contributed by atoms with Gasteiger partial charge in [0.05, 0.1) is 11.4 Å². The zero-order valence-electron chi connectivity index (χ0n) is 8.87. The highest BCUT2D eigenvalue weighted by molar-refractivity contribution is 9.10. The van der Waals surface area contributed by atoms with Crippen LogP contribution in [0, 0.1) is 0 Å². The molecule has 5 heteroatoms. The molecule has 0 aliphatic heterocycles. The molecule has 0 fully saturated rings. The zero-order valence-corrected chi connectivity index (χ0v) is 10.5. The van der Waals surface area contributed by atoms with Crippen molar-refractivity contribution < 1.29 is 9.53 Å². The van der Waals surface area contributed by atoms with Crippen molar-refractivity contribution in [1.29, 1.82) is 0 Å². The molecule has 1 rings (SSSR count). The van der Waals surface area contributed by atoms with Crippen molar-refractivity contribution in [2.75, 3.05) is 12.4 Å². The third-order valence-electron chi connectivity index (χ3n) is 1.74. The summed E-state index contributed by atoms with van der Waals surface area (Å²) >= 11 is 3.28. The SMILES string of the molecule is COc1cc(NC(=O)C(C)(C)Br)ccn1. The summed E-state index contributed by atoms with van der Waals surface area (Å²) < 4.78 is 4.35. The highest BCUT2D eigenvalue weighted by Crippen LogP contribution is 2.20. The fourth-order valence-electron chi connectivity index (χ4n) is 0.879. The number of halogens is 1. The maximum Gasteiger partial charge on any atom is 0.240 e. The van der Waals surface area contributed by atoms with Crippen molar-refractivity contribution in [2.45, 2.75) is 18.2 Å². The fourth-order valence-corrected chi connectivity index (χ4v) is 0.978. The van der Waals surface area contributed by atoms with Gasteiger partial charge in [-0.25, -0.2) is 4.98 Å². The number of hydrogen-bond donors (Lipinski definition) is 1. The van der Waals surface area contributed by atoms with Crippen LogP contribution in [-0.2, 0) is 4.79 Å². The molecule has 0 radical (unpaired) electrons. The summed E-state index contributed by atoms with van der Waals surface area (Å²) in [5, 5.41) is 2.75. The molecule has 0 saturated heterocycles. The minimum Gasteiger partial charge on any atom is -0.481 e. The first-order valence-corrected chi connectivity index (χ1v) is 5.23. The molecule has 82 valence electrons. The largest absolute Gasteiger partial charge is 0.481 e. The predicted octanol–water partition coefficient (Wildman–Crippen LogP) is 2.20. The molecule has 1 N–H and O–H groups in total. The lowest BCUT2D eigenvalue weighted by atomic mass is 10.2. The lowest BCUT2D eigenvalue weighted by molar-refractivity contribution is -0.117. The van der Waals surface area contributed by atoms with Crippen LogP contribution in [0.25, 0.3) is 0 Å². The van der Waals surface area contributed by atoms with Crippen LogP contribution < -0.4 is 10.1 Å². The number of hydrogen-bond acceptors (Lipinski definition) is 3. The van der Waals surface area contributed by atoms with E-state index in [1.165, 1.54) is 7.11 Å². The maximum absolute atomic E-state index is 11.6. The number of aromatic nitrogens is 1. The first-order valence-electron chi connectivity index (χ1n) is 4.44. The Kier molecular flexibility index (Phi) is 3.68. The monoisotopic (exact) mass is 272 g/mol. The van der Waals surface area contributed by atoms with Crippen LogP contribution in [0.2, 0.25) is 0 Å². The molecule has 0 saturated carbocycles. The second-order valence-corrected chi connectivity index (χ2v) is 5.50. The first kappa shape index (κ1) is 12.0. The predicted molar refractivity (Wildman–Crippen MR) is 62.4 cm³/mol. The molecule has 15 heavy (non-hydrogen) atoms. The van der Waals surface area contributed by atoms with Crippen LogP contribution in [0.3, 0.4) is 0 Å². The number of pyridine rings is 1. The molecular formula is C10H13BrN2O2. The first-order chi connectivity index (χ1) is 6.93. The highest BCUT2D eigenvalue weighted by atomic mass is 79.9. The molecule has 0 bridgehead atoms. The molecule has 1 aromatic rings. The number of anilines is 1. The van der Waals surface area contributed by atoms with Crippen molar-refractivity contribution >= 4 is 27.5 Å². The Hall–Kier alpha value is -1.10. The molecule has 0 spiro atoms. The standard InChI is InChI=1S/C10H13BrN2O2/c1-10(2,11)9(14)13-7-4-5-12-8(6-7)15-3/h4-6H,1-3H3,(H,12,13,14). The third kappa shape index (κ3) is 3.51. The summed E-state index contributed by atoms with van der Waals surface area (Å²) in [6.07, 6.45) is 1.58. The number of ether oxygens (including phenoxy) is 1. The van der Waals surface area contributed by atoms with E-state index in [4.69, 9.17) is 4.74 Å². The van der Waals surface area contributed by atoms with Gasteiger partial charge in [0.25, 0.3) is 0 Å². The summed E-state index contributed by atoms with van der Waals surface area (Å²) in [5.41, 5.74) is 0.666. The summed E-state index contributed by atoms with van der Waals surface area (Å²) in [6, 6.07) is 3.37.